The third kappa shape index (κ3) is 6.12. The summed E-state index contributed by atoms with van der Waals surface area (Å²) in [7, 11) is -13.4. The predicted molar refractivity (Wildman–Crippen MR) is 70.8 cm³/mol. The van der Waals surface area contributed by atoms with Gasteiger partial charge in [0.05, 0.1) is 6.26 Å². The molecule has 1 rings (SSSR count). The van der Waals surface area contributed by atoms with Crippen molar-refractivity contribution >= 4 is 36.2 Å². The number of hydrogen-bond donors (Lipinski definition) is 4. The van der Waals surface area contributed by atoms with Gasteiger partial charge in [-0.2, -0.15) is 31.8 Å². The average Bonchev–Trinajstić information content (AvgIpc) is 2.31. The van der Waals surface area contributed by atoms with E-state index in [0.717, 1.165) is 6.26 Å². The zero-order valence-corrected chi connectivity index (χ0v) is 13.3. The molecule has 0 radical (unpaired) electrons. The molecule has 4 N–H and O–H groups in total. The number of sulfonamides is 1. The van der Waals surface area contributed by atoms with Crippen LogP contribution in [-0.2, 0) is 30.3 Å². The van der Waals surface area contributed by atoms with Gasteiger partial charge in [0.25, 0.3) is 10.3 Å². The van der Waals surface area contributed by atoms with Crippen molar-refractivity contribution in [1.82, 2.24) is 19.7 Å². The van der Waals surface area contributed by atoms with Crippen LogP contribution in [0.2, 0.25) is 0 Å². The van der Waals surface area contributed by atoms with E-state index in [9.17, 15) is 25.3 Å². The van der Waals surface area contributed by atoms with Crippen LogP contribution in [0, 0.1) is 0 Å². The van der Waals surface area contributed by atoms with E-state index in [0.29, 0.717) is 0 Å². The van der Waals surface area contributed by atoms with Crippen molar-refractivity contribution in [2.45, 2.75) is 10.3 Å². The first kappa shape index (κ1) is 18.6. The highest BCUT2D eigenvalue weighted by Gasteiger charge is 2.23. The highest BCUT2D eigenvalue weighted by molar-refractivity contribution is 7.88. The Morgan fingerprint density at radius 3 is 1.68 bits per heavy atom. The quantitative estimate of drug-likeness (QED) is 0.283. The zero-order valence-electron chi connectivity index (χ0n) is 10.8. The highest BCUT2D eigenvalue weighted by Crippen LogP contribution is 2.10. The van der Waals surface area contributed by atoms with Gasteiger partial charge in [0, 0.05) is 13.1 Å². The lowest BCUT2D eigenvalue weighted by molar-refractivity contribution is 0.461. The van der Waals surface area contributed by atoms with Gasteiger partial charge < -0.3 is 5.32 Å². The van der Waals surface area contributed by atoms with Crippen molar-refractivity contribution in [2.75, 3.05) is 24.7 Å². The van der Waals surface area contributed by atoms with Gasteiger partial charge in [0.2, 0.25) is 16.0 Å². The predicted octanol–water partition coefficient (Wildman–Crippen LogP) is -2.67. The van der Waals surface area contributed by atoms with Crippen LogP contribution in [0.4, 0.5) is 5.95 Å². The first-order valence-electron chi connectivity index (χ1n) is 5.18. The van der Waals surface area contributed by atoms with E-state index in [-0.39, 0.29) is 13.1 Å². The van der Waals surface area contributed by atoms with Crippen molar-refractivity contribution in [2.24, 2.45) is 0 Å². The van der Waals surface area contributed by atoms with E-state index in [1.165, 1.54) is 0 Å². The molecule has 16 heteroatoms. The van der Waals surface area contributed by atoms with E-state index in [1.54, 1.807) is 0 Å². The maximum absolute atomic E-state index is 10.9. The van der Waals surface area contributed by atoms with Crippen LogP contribution in [0.25, 0.3) is 0 Å². The number of anilines is 1. The van der Waals surface area contributed by atoms with Gasteiger partial charge in [-0.25, -0.2) is 13.1 Å². The topological polar surface area (TPSA) is 206 Å². The van der Waals surface area contributed by atoms with Crippen LogP contribution in [0.1, 0.15) is 0 Å². The Bertz CT molecular complexity index is 811. The fourth-order valence-corrected chi connectivity index (χ4v) is 2.40. The van der Waals surface area contributed by atoms with Crippen molar-refractivity contribution in [3.05, 3.63) is 0 Å². The Kier molecular flexibility index (Phi) is 5.36. The molecule has 0 spiro atoms. The highest BCUT2D eigenvalue weighted by atomic mass is 32.2. The van der Waals surface area contributed by atoms with E-state index in [4.69, 9.17) is 9.11 Å². The number of rotatable bonds is 7. The molecule has 0 saturated heterocycles. The second-order valence-electron chi connectivity index (χ2n) is 3.77. The minimum Gasteiger partial charge on any atom is -0.353 e. The van der Waals surface area contributed by atoms with Crippen molar-refractivity contribution in [3.8, 4) is 0 Å². The fourth-order valence-electron chi connectivity index (χ4n) is 1.06. The van der Waals surface area contributed by atoms with Gasteiger partial charge in [-0.15, -0.1) is 0 Å². The second kappa shape index (κ2) is 6.34. The van der Waals surface area contributed by atoms with Crippen LogP contribution in [0.5, 0.6) is 0 Å². The van der Waals surface area contributed by atoms with E-state index >= 15 is 0 Å². The zero-order chi connectivity index (χ0) is 17.2. The first-order valence-corrected chi connectivity index (χ1v) is 9.96. The number of aromatic nitrogens is 3. The summed E-state index contributed by atoms with van der Waals surface area (Å²) >= 11 is 0. The lowest BCUT2D eigenvalue weighted by Crippen LogP contribution is -2.28. The van der Waals surface area contributed by atoms with Gasteiger partial charge in [0.15, 0.2) is 0 Å². The summed E-state index contributed by atoms with van der Waals surface area (Å²) in [6, 6.07) is 0. The molecular weight excluding hydrogens is 366 g/mol. The number of nitrogens with zero attached hydrogens (tertiary/aromatic N) is 3. The second-order valence-corrected chi connectivity index (χ2v) is 8.23. The molecule has 0 amide bonds. The summed E-state index contributed by atoms with van der Waals surface area (Å²) in [6.45, 7) is -0.292. The normalized spacial score (nSPS) is 13.0. The first-order chi connectivity index (χ1) is 9.79. The van der Waals surface area contributed by atoms with Crippen LogP contribution in [-0.4, -0.2) is 68.7 Å². The van der Waals surface area contributed by atoms with Crippen LogP contribution < -0.4 is 10.0 Å². The van der Waals surface area contributed by atoms with E-state index < -0.39 is 46.5 Å². The molecule has 1 aromatic heterocycles. The third-order valence-electron chi connectivity index (χ3n) is 1.83. The van der Waals surface area contributed by atoms with Crippen LogP contribution in [0.3, 0.4) is 0 Å². The fraction of sp³-hybridized carbons (Fsp3) is 0.500. The Morgan fingerprint density at radius 1 is 0.864 bits per heavy atom. The summed E-state index contributed by atoms with van der Waals surface area (Å²) in [6.07, 6.45) is 0.906. The lowest BCUT2D eigenvalue weighted by atomic mass is 10.6. The van der Waals surface area contributed by atoms with Crippen molar-refractivity contribution in [1.29, 1.82) is 0 Å². The molecule has 0 fully saturated rings. The Morgan fingerprint density at radius 2 is 1.32 bits per heavy atom. The van der Waals surface area contributed by atoms with Crippen LogP contribution in [0.15, 0.2) is 10.3 Å². The minimum atomic E-state index is -4.95. The number of hydrogen-bond acceptors (Lipinski definition) is 10. The summed E-state index contributed by atoms with van der Waals surface area (Å²) in [5.74, 6) is -0.606. The molecule has 1 heterocycles. The third-order valence-corrected chi connectivity index (χ3v) is 3.84. The molecule has 0 aromatic carbocycles. The molecule has 126 valence electrons. The maximum Gasteiger partial charge on any atom is 0.330 e. The summed E-state index contributed by atoms with van der Waals surface area (Å²) in [5, 5.41) is -0.293. The average molecular weight is 377 g/mol. The summed E-state index contributed by atoms with van der Waals surface area (Å²) in [4.78, 5) is 9.35. The number of nitrogens with one attached hydrogen (secondary N) is 2. The smallest absolute Gasteiger partial charge is 0.330 e. The Labute approximate surface area is 125 Å². The summed E-state index contributed by atoms with van der Waals surface area (Å²) < 4.78 is 85.0. The molecule has 0 bridgehead atoms. The SMILES string of the molecule is CS(=O)(=O)NCCNc1nc(S(=O)(=O)O)nc(S(=O)(=O)O)n1. The van der Waals surface area contributed by atoms with Gasteiger partial charge in [-0.05, 0) is 0 Å². The maximum atomic E-state index is 10.9. The van der Waals surface area contributed by atoms with Gasteiger partial charge in [-0.1, -0.05) is 0 Å². The lowest BCUT2D eigenvalue weighted by Gasteiger charge is -2.07. The van der Waals surface area contributed by atoms with Crippen molar-refractivity contribution in [3.63, 3.8) is 0 Å². The molecule has 0 aliphatic rings. The molecule has 13 nitrogen and oxygen atoms in total. The van der Waals surface area contributed by atoms with Crippen LogP contribution >= 0.6 is 0 Å². The van der Waals surface area contributed by atoms with E-state index in [1.807, 2.05) is 0 Å². The molecule has 0 atom stereocenters. The molecular formula is C6H11N5O8S3. The molecule has 0 saturated carbocycles. The largest absolute Gasteiger partial charge is 0.353 e. The molecule has 0 aliphatic carbocycles. The van der Waals surface area contributed by atoms with Gasteiger partial charge >= 0.3 is 20.2 Å². The monoisotopic (exact) mass is 377 g/mol. The molecule has 0 aliphatic heterocycles. The standard InChI is InChI=1S/C6H11N5O8S3/c1-20(12,13)8-3-2-7-4-9-5(21(14,15)16)11-6(10-4)22(17,18)19/h8H,2-3H2,1H3,(H,14,15,16)(H,17,18,19)(H,7,9,10,11). The van der Waals surface area contributed by atoms with E-state index in [2.05, 4.69) is 25.0 Å². The Balaban J connectivity index is 3.05. The molecule has 1 aromatic rings. The minimum absolute atomic E-state index is 0.146. The Hall–Kier alpha value is -1.46. The van der Waals surface area contributed by atoms with Crippen molar-refractivity contribution < 1.29 is 34.4 Å². The molecule has 0 unspecified atom stereocenters. The van der Waals surface area contributed by atoms with Gasteiger partial charge in [0.1, 0.15) is 0 Å². The van der Waals surface area contributed by atoms with Gasteiger partial charge in [-0.3, -0.25) is 9.11 Å². The summed E-state index contributed by atoms with van der Waals surface area (Å²) in [5.41, 5.74) is 0. The molecule has 22 heavy (non-hydrogen) atoms.